The highest BCUT2D eigenvalue weighted by Gasteiger charge is 2.35. The Labute approximate surface area is 148 Å². The molecule has 24 heavy (non-hydrogen) atoms. The van der Waals surface area contributed by atoms with Gasteiger partial charge in [-0.1, -0.05) is 15.9 Å². The Bertz CT molecular complexity index is 773. The van der Waals surface area contributed by atoms with Gasteiger partial charge in [0.15, 0.2) is 0 Å². The molecule has 2 aromatic carbocycles. The number of Topliss-reactive ketones (excluding diaryl/α,β-unsaturated/α-hetero) is 1. The lowest BCUT2D eigenvalue weighted by atomic mass is 10.1. The number of fused-ring (bicyclic) bond motifs is 1. The van der Waals surface area contributed by atoms with Crippen molar-refractivity contribution in [1.82, 2.24) is 0 Å². The summed E-state index contributed by atoms with van der Waals surface area (Å²) >= 11 is 3.32. The van der Waals surface area contributed by atoms with Gasteiger partial charge in [-0.2, -0.15) is 0 Å². The molecule has 3 rings (SSSR count). The van der Waals surface area contributed by atoms with Crippen molar-refractivity contribution in [3.05, 3.63) is 52.5 Å². The molecule has 0 unspecified atom stereocenters. The third-order valence-electron chi connectivity index (χ3n) is 3.79. The van der Waals surface area contributed by atoms with E-state index in [2.05, 4.69) is 15.9 Å². The van der Waals surface area contributed by atoms with E-state index in [9.17, 15) is 9.59 Å². The van der Waals surface area contributed by atoms with Gasteiger partial charge in [-0.3, -0.25) is 9.59 Å². The number of anilines is 1. The Hall–Kier alpha value is -2.34. The number of rotatable bonds is 6. The number of ether oxygens (including phenoxy) is 2. The van der Waals surface area contributed by atoms with Gasteiger partial charge in [0.2, 0.25) is 0 Å². The highest BCUT2D eigenvalue weighted by Crippen LogP contribution is 2.31. The Morgan fingerprint density at radius 1 is 1.04 bits per heavy atom. The van der Waals surface area contributed by atoms with Crippen LogP contribution in [-0.4, -0.2) is 32.0 Å². The first-order valence-corrected chi connectivity index (χ1v) is 8.32. The zero-order valence-electron chi connectivity index (χ0n) is 13.1. The molecule has 0 radical (unpaired) electrons. The molecule has 124 valence electrons. The topological polar surface area (TPSA) is 55.8 Å². The fourth-order valence-electron chi connectivity index (χ4n) is 2.58. The average molecular weight is 390 g/mol. The molecule has 0 fully saturated rings. The van der Waals surface area contributed by atoms with Gasteiger partial charge in [-0.15, -0.1) is 0 Å². The van der Waals surface area contributed by atoms with Crippen LogP contribution >= 0.6 is 15.9 Å². The van der Waals surface area contributed by atoms with E-state index in [0.717, 1.165) is 16.0 Å². The first-order valence-electron chi connectivity index (χ1n) is 7.53. The molecule has 0 bridgehead atoms. The van der Waals surface area contributed by atoms with Gasteiger partial charge in [-0.05, 0) is 48.9 Å². The van der Waals surface area contributed by atoms with Crippen molar-refractivity contribution in [2.45, 2.75) is 6.42 Å². The van der Waals surface area contributed by atoms with Crippen LogP contribution in [0.1, 0.15) is 16.8 Å². The highest BCUT2D eigenvalue weighted by molar-refractivity contribution is 9.10. The molecule has 1 heterocycles. The molecule has 0 aromatic heterocycles. The molecule has 1 amide bonds. The van der Waals surface area contributed by atoms with Crippen molar-refractivity contribution in [2.75, 3.05) is 25.2 Å². The van der Waals surface area contributed by atoms with Crippen molar-refractivity contribution in [3.63, 3.8) is 0 Å². The highest BCUT2D eigenvalue weighted by atomic mass is 79.9. The number of methoxy groups -OCH3 is 1. The third kappa shape index (κ3) is 3.28. The summed E-state index contributed by atoms with van der Waals surface area (Å²) in [4.78, 5) is 25.6. The zero-order chi connectivity index (χ0) is 17.1. The van der Waals surface area contributed by atoms with Gasteiger partial charge < -0.3 is 14.4 Å². The van der Waals surface area contributed by atoms with E-state index in [-0.39, 0.29) is 0 Å². The number of hydrogen-bond acceptors (Lipinski definition) is 4. The normalized spacial score (nSPS) is 13.2. The summed E-state index contributed by atoms with van der Waals surface area (Å²) in [6.07, 6.45) is 0.626. The maximum absolute atomic E-state index is 12.1. The molecule has 0 spiro atoms. The number of benzene rings is 2. The molecule has 6 heteroatoms. The van der Waals surface area contributed by atoms with Crippen LogP contribution in [0.2, 0.25) is 0 Å². The van der Waals surface area contributed by atoms with E-state index in [0.29, 0.717) is 30.8 Å². The van der Waals surface area contributed by atoms with Crippen LogP contribution < -0.4 is 14.4 Å². The van der Waals surface area contributed by atoms with Crippen LogP contribution in [0.25, 0.3) is 0 Å². The largest absolute Gasteiger partial charge is 0.497 e. The van der Waals surface area contributed by atoms with Crippen molar-refractivity contribution < 1.29 is 19.1 Å². The van der Waals surface area contributed by atoms with Crippen LogP contribution in [-0.2, 0) is 4.79 Å². The lowest BCUT2D eigenvalue weighted by Gasteiger charge is -2.16. The summed E-state index contributed by atoms with van der Waals surface area (Å²) in [7, 11) is 1.61. The van der Waals surface area contributed by atoms with Crippen molar-refractivity contribution in [3.8, 4) is 11.5 Å². The minimum atomic E-state index is -0.479. The second-order valence-corrected chi connectivity index (χ2v) is 6.24. The molecule has 0 aliphatic carbocycles. The van der Waals surface area contributed by atoms with Gasteiger partial charge in [0, 0.05) is 11.0 Å². The van der Waals surface area contributed by atoms with Gasteiger partial charge in [0.05, 0.1) is 25.0 Å². The van der Waals surface area contributed by atoms with Crippen LogP contribution in [0.4, 0.5) is 5.69 Å². The fraction of sp³-hybridized carbons (Fsp3) is 0.222. The van der Waals surface area contributed by atoms with Crippen LogP contribution in [0.3, 0.4) is 0 Å². The van der Waals surface area contributed by atoms with E-state index in [1.54, 1.807) is 19.2 Å². The fourth-order valence-corrected chi connectivity index (χ4v) is 2.94. The van der Waals surface area contributed by atoms with E-state index >= 15 is 0 Å². The number of nitrogens with zero attached hydrogens (tertiary/aromatic N) is 1. The first kappa shape index (κ1) is 16.5. The number of halogens is 1. The zero-order valence-corrected chi connectivity index (χ0v) is 14.7. The van der Waals surface area contributed by atoms with Crippen molar-refractivity contribution >= 4 is 33.3 Å². The van der Waals surface area contributed by atoms with Crippen molar-refractivity contribution in [2.24, 2.45) is 0 Å². The van der Waals surface area contributed by atoms with Crippen molar-refractivity contribution in [1.29, 1.82) is 0 Å². The molecule has 2 aromatic rings. The van der Waals surface area contributed by atoms with E-state index in [4.69, 9.17) is 9.47 Å². The Morgan fingerprint density at radius 3 is 2.46 bits per heavy atom. The minimum absolute atomic E-state index is 0.440. The summed E-state index contributed by atoms with van der Waals surface area (Å²) in [6.45, 7) is 0.894. The predicted octanol–water partition coefficient (Wildman–Crippen LogP) is 3.46. The van der Waals surface area contributed by atoms with Crippen LogP contribution in [0.15, 0.2) is 46.9 Å². The molecular formula is C18H16BrNO4. The Kier molecular flexibility index (Phi) is 4.85. The standard InChI is InChI=1S/C18H16BrNO4/c1-23-13-4-6-14(7-5-13)24-10-2-9-20-16-8-3-12(19)11-15(16)17(21)18(20)22/h3-8,11H,2,9-10H2,1H3. The number of amides is 1. The summed E-state index contributed by atoms with van der Waals surface area (Å²) in [5.74, 6) is 0.574. The third-order valence-corrected chi connectivity index (χ3v) is 4.28. The summed E-state index contributed by atoms with van der Waals surface area (Å²) < 4.78 is 11.5. The second kappa shape index (κ2) is 7.05. The first-order chi connectivity index (χ1) is 11.6. The molecule has 0 N–H and O–H groups in total. The second-order valence-electron chi connectivity index (χ2n) is 5.32. The monoisotopic (exact) mass is 389 g/mol. The van der Waals surface area contributed by atoms with Crippen LogP contribution in [0, 0.1) is 0 Å². The molecule has 0 atom stereocenters. The lowest BCUT2D eigenvalue weighted by Crippen LogP contribution is -2.31. The SMILES string of the molecule is COc1ccc(OCCCN2C(=O)C(=O)c3cc(Br)ccc32)cc1. The van der Waals surface area contributed by atoms with Gasteiger partial charge >= 0.3 is 0 Å². The number of hydrogen-bond donors (Lipinski definition) is 0. The minimum Gasteiger partial charge on any atom is -0.497 e. The number of ketones is 1. The van der Waals surface area contributed by atoms with E-state index < -0.39 is 11.7 Å². The van der Waals surface area contributed by atoms with Gasteiger partial charge in [0.25, 0.3) is 11.7 Å². The van der Waals surface area contributed by atoms with Gasteiger partial charge in [-0.25, -0.2) is 0 Å². The maximum Gasteiger partial charge on any atom is 0.299 e. The molecule has 5 nitrogen and oxygen atoms in total. The molecule has 1 aliphatic rings. The lowest BCUT2D eigenvalue weighted by molar-refractivity contribution is -0.114. The summed E-state index contributed by atoms with van der Waals surface area (Å²) in [5, 5.41) is 0. The number of carbonyl (C=O) groups is 2. The maximum atomic E-state index is 12.1. The predicted molar refractivity (Wildman–Crippen MR) is 93.9 cm³/mol. The van der Waals surface area contributed by atoms with Gasteiger partial charge in [0.1, 0.15) is 11.5 Å². The molecule has 0 saturated heterocycles. The Balaban J connectivity index is 1.57. The number of carbonyl (C=O) groups excluding carboxylic acids is 2. The summed E-state index contributed by atoms with van der Waals surface area (Å²) in [6, 6.07) is 12.6. The van der Waals surface area contributed by atoms with Crippen LogP contribution in [0.5, 0.6) is 11.5 Å². The molecule has 1 aliphatic heterocycles. The van der Waals surface area contributed by atoms with E-state index in [1.165, 1.54) is 4.90 Å². The van der Waals surface area contributed by atoms with E-state index in [1.807, 2.05) is 30.3 Å². The molecular weight excluding hydrogens is 374 g/mol. The average Bonchev–Trinajstić information content (AvgIpc) is 2.83. The molecule has 0 saturated carbocycles. The summed E-state index contributed by atoms with van der Waals surface area (Å²) in [5.41, 5.74) is 1.11. The Morgan fingerprint density at radius 2 is 1.75 bits per heavy atom. The quantitative estimate of drug-likeness (QED) is 0.560. The smallest absolute Gasteiger partial charge is 0.299 e.